The van der Waals surface area contributed by atoms with Crippen LogP contribution in [0.1, 0.15) is 16.1 Å². The first kappa shape index (κ1) is 11.5. The van der Waals surface area contributed by atoms with Gasteiger partial charge in [-0.05, 0) is 5.56 Å². The van der Waals surface area contributed by atoms with Gasteiger partial charge in [0.2, 0.25) is 0 Å². The van der Waals surface area contributed by atoms with Crippen molar-refractivity contribution in [3.05, 3.63) is 29.9 Å². The monoisotopic (exact) mass is 263 g/mol. The first-order valence-corrected chi connectivity index (χ1v) is 3.85. The molecule has 0 saturated heterocycles. The molecule has 2 rings (SSSR count). The van der Waals surface area contributed by atoms with Crippen molar-refractivity contribution in [3.63, 3.8) is 0 Å². The van der Waals surface area contributed by atoms with E-state index in [4.69, 9.17) is 0 Å². The van der Waals surface area contributed by atoms with E-state index in [1.807, 2.05) is 0 Å². The molecular formula is C9H8N3OY-. The van der Waals surface area contributed by atoms with Gasteiger partial charge < -0.3 is 14.9 Å². The van der Waals surface area contributed by atoms with E-state index in [0.29, 0.717) is 22.8 Å². The fourth-order valence-electron chi connectivity index (χ4n) is 1.35. The molecule has 14 heavy (non-hydrogen) atoms. The molecule has 1 radical (unpaired) electrons. The van der Waals surface area contributed by atoms with Crippen LogP contribution in [-0.2, 0) is 32.7 Å². The number of hydrogen-bond acceptors (Lipinski definition) is 4. The molecule has 69 valence electrons. The molecule has 1 aromatic heterocycles. The molecule has 0 N–H and O–H groups in total. The van der Waals surface area contributed by atoms with Gasteiger partial charge in [0, 0.05) is 51.9 Å². The molecule has 0 fully saturated rings. The Bertz CT molecular complexity index is 417. The number of carbonyl (C=O) groups is 1. The van der Waals surface area contributed by atoms with Crippen LogP contribution in [0.2, 0.25) is 0 Å². The number of aromatic nitrogens is 2. The van der Waals surface area contributed by atoms with E-state index in [1.165, 1.54) is 0 Å². The Labute approximate surface area is 107 Å². The molecule has 4 nitrogen and oxygen atoms in total. The summed E-state index contributed by atoms with van der Waals surface area (Å²) >= 11 is 0. The van der Waals surface area contributed by atoms with E-state index in [-0.39, 0.29) is 38.5 Å². The zero-order chi connectivity index (χ0) is 9.59. The Morgan fingerprint density at radius 1 is 1.43 bits per heavy atom. The number of nitrogens with zero attached hydrogens (tertiary/aromatic N) is 3. The number of ketones is 1. The first-order valence-electron chi connectivity index (χ1n) is 3.85. The van der Waals surface area contributed by atoms with Crippen LogP contribution in [0, 0.1) is 13.3 Å². The van der Waals surface area contributed by atoms with Crippen molar-refractivity contribution in [3.8, 4) is 0 Å². The number of hydrogen-bond donors (Lipinski definition) is 0. The predicted octanol–water partition coefficient (Wildman–Crippen LogP) is 0.729. The normalized spacial score (nSPS) is 14.0. The Morgan fingerprint density at radius 3 is 2.64 bits per heavy atom. The number of rotatable bonds is 0. The standard InChI is InChI=1S/C9H8N3O.Y/c1-5-7-8(13)6(2)12(3)9(7)11-4-10-5;/h2H2,1,3H3;/q-1;. The predicted molar refractivity (Wildman–Crippen MR) is 47.5 cm³/mol. The molecule has 2 heterocycles. The molecule has 0 spiro atoms. The van der Waals surface area contributed by atoms with E-state index >= 15 is 0 Å². The summed E-state index contributed by atoms with van der Waals surface area (Å²) in [7, 11) is 1.76. The third-order valence-electron chi connectivity index (χ3n) is 2.17. The molecule has 1 aliphatic rings. The van der Waals surface area contributed by atoms with Crippen LogP contribution < -0.4 is 4.90 Å². The summed E-state index contributed by atoms with van der Waals surface area (Å²) in [6, 6.07) is 0. The van der Waals surface area contributed by atoms with Gasteiger partial charge in [-0.15, -0.1) is 0 Å². The molecule has 0 unspecified atom stereocenters. The molecule has 0 amide bonds. The second-order valence-electron chi connectivity index (χ2n) is 2.94. The Morgan fingerprint density at radius 2 is 2.07 bits per heavy atom. The van der Waals surface area contributed by atoms with Gasteiger partial charge in [-0.2, -0.15) is 0 Å². The summed E-state index contributed by atoms with van der Waals surface area (Å²) in [4.78, 5) is 21.0. The number of anilines is 1. The third kappa shape index (κ3) is 1.42. The Balaban J connectivity index is 0.000000980. The van der Waals surface area contributed by atoms with Crippen LogP contribution in [-0.4, -0.2) is 22.8 Å². The first-order chi connectivity index (χ1) is 6.13. The van der Waals surface area contributed by atoms with Crippen molar-refractivity contribution in [1.82, 2.24) is 9.97 Å². The third-order valence-corrected chi connectivity index (χ3v) is 2.17. The van der Waals surface area contributed by atoms with Crippen LogP contribution in [0.5, 0.6) is 0 Å². The van der Waals surface area contributed by atoms with Crippen LogP contribution in [0.3, 0.4) is 0 Å². The number of carbonyl (C=O) groups excluding carboxylic acids is 1. The van der Waals surface area contributed by atoms with Crippen molar-refractivity contribution in [2.45, 2.75) is 6.92 Å². The average molecular weight is 263 g/mol. The second kappa shape index (κ2) is 3.87. The second-order valence-corrected chi connectivity index (χ2v) is 2.94. The van der Waals surface area contributed by atoms with Gasteiger partial charge in [-0.25, -0.2) is 0 Å². The molecular weight excluding hydrogens is 255 g/mol. The molecule has 0 atom stereocenters. The van der Waals surface area contributed by atoms with Gasteiger partial charge in [-0.3, -0.25) is 4.79 Å². The summed E-state index contributed by atoms with van der Waals surface area (Å²) in [6.45, 7) is 5.43. The maximum Gasteiger partial charge on any atom is 0.189 e. The molecule has 1 aliphatic heterocycles. The fourth-order valence-corrected chi connectivity index (χ4v) is 1.35. The maximum absolute atomic E-state index is 11.6. The SMILES string of the molecule is C=C1C(=O)c2c(C)n[c-]nc2N1C.[Y]. The van der Waals surface area contributed by atoms with Crippen LogP contribution in [0.4, 0.5) is 5.82 Å². The van der Waals surface area contributed by atoms with Crippen molar-refractivity contribution < 1.29 is 37.5 Å². The van der Waals surface area contributed by atoms with Gasteiger partial charge in [0.1, 0.15) is 0 Å². The van der Waals surface area contributed by atoms with E-state index < -0.39 is 0 Å². The van der Waals surface area contributed by atoms with Crippen molar-refractivity contribution in [2.24, 2.45) is 0 Å². The van der Waals surface area contributed by atoms with Crippen molar-refractivity contribution >= 4 is 11.6 Å². The van der Waals surface area contributed by atoms with E-state index in [2.05, 4.69) is 22.9 Å². The number of aryl methyl sites for hydroxylation is 1. The molecule has 0 aromatic carbocycles. The van der Waals surface area contributed by atoms with E-state index in [1.54, 1.807) is 18.9 Å². The minimum absolute atomic E-state index is 0. The smallest absolute Gasteiger partial charge is 0.189 e. The zero-order valence-electron chi connectivity index (χ0n) is 8.03. The Hall–Kier alpha value is -0.606. The minimum Gasteiger partial charge on any atom is -0.379 e. The fraction of sp³-hybridized carbons (Fsp3) is 0.222. The molecule has 1 aromatic rings. The van der Waals surface area contributed by atoms with Crippen LogP contribution in [0.15, 0.2) is 12.3 Å². The Kier molecular flexibility index (Phi) is 3.17. The van der Waals surface area contributed by atoms with E-state index in [9.17, 15) is 4.79 Å². The summed E-state index contributed by atoms with van der Waals surface area (Å²) in [5.41, 5.74) is 1.64. The number of Topliss-reactive ketones (excluding diaryl/α,β-unsaturated/α-hetero) is 1. The van der Waals surface area contributed by atoms with Crippen molar-refractivity contribution in [1.29, 1.82) is 0 Å². The van der Waals surface area contributed by atoms with Gasteiger partial charge >= 0.3 is 0 Å². The number of likely N-dealkylation sites (N-methyl/N-ethyl adjacent to an activating group) is 1. The number of fused-ring (bicyclic) bond motifs is 1. The quantitative estimate of drug-likeness (QED) is 0.511. The zero-order valence-corrected chi connectivity index (χ0v) is 10.9. The van der Waals surface area contributed by atoms with E-state index in [0.717, 1.165) is 0 Å². The van der Waals surface area contributed by atoms with Crippen molar-refractivity contribution in [2.75, 3.05) is 11.9 Å². The molecule has 5 heteroatoms. The molecule has 0 saturated carbocycles. The minimum atomic E-state index is -0.0935. The maximum atomic E-state index is 11.6. The summed E-state index contributed by atoms with van der Waals surface area (Å²) < 4.78 is 0. The molecule has 0 bridgehead atoms. The van der Waals surface area contributed by atoms with Gasteiger partial charge in [0.25, 0.3) is 0 Å². The van der Waals surface area contributed by atoms with Gasteiger partial charge in [0.15, 0.2) is 5.78 Å². The largest absolute Gasteiger partial charge is 0.379 e. The summed E-state index contributed by atoms with van der Waals surface area (Å²) in [5, 5.41) is 0. The average Bonchev–Trinajstić information content (AvgIpc) is 2.33. The van der Waals surface area contributed by atoms with Gasteiger partial charge in [0.05, 0.1) is 5.70 Å². The summed E-state index contributed by atoms with van der Waals surface area (Å²) in [6.07, 6.45) is 2.50. The molecule has 0 aliphatic carbocycles. The summed E-state index contributed by atoms with van der Waals surface area (Å²) in [5.74, 6) is 0.506. The number of allylic oxidation sites excluding steroid dienone is 1. The van der Waals surface area contributed by atoms with Crippen LogP contribution >= 0.6 is 0 Å². The van der Waals surface area contributed by atoms with Gasteiger partial charge in [-0.1, -0.05) is 19.2 Å². The topological polar surface area (TPSA) is 46.1 Å². The van der Waals surface area contributed by atoms with Crippen LogP contribution in [0.25, 0.3) is 0 Å².